The Morgan fingerprint density at radius 1 is 1.19 bits per heavy atom. The molecule has 4 aromatic rings. The molecular weight excluding hydrogens is 342 g/mol. The number of fused-ring (bicyclic) bond motifs is 1. The van der Waals surface area contributed by atoms with Crippen molar-refractivity contribution < 1.29 is 4.79 Å². The molecule has 0 bridgehead atoms. The molecule has 0 unspecified atom stereocenters. The Morgan fingerprint density at radius 3 is 2.81 bits per heavy atom. The molecule has 0 saturated heterocycles. The Kier molecular flexibility index (Phi) is 4.54. The number of nitrogens with zero attached hydrogens (tertiary/aromatic N) is 2. The smallest absolute Gasteiger partial charge is 0.268 e. The van der Waals surface area contributed by atoms with Crippen molar-refractivity contribution in [2.45, 2.75) is 19.5 Å². The van der Waals surface area contributed by atoms with Crippen LogP contribution in [0, 0.1) is 0 Å². The van der Waals surface area contributed by atoms with Gasteiger partial charge in [-0.05, 0) is 41.6 Å². The minimum atomic E-state index is -0.0694. The van der Waals surface area contributed by atoms with E-state index in [4.69, 9.17) is 0 Å². The largest absolute Gasteiger partial charge is 0.347 e. The van der Waals surface area contributed by atoms with Crippen LogP contribution in [-0.2, 0) is 6.54 Å². The number of rotatable bonds is 5. The summed E-state index contributed by atoms with van der Waals surface area (Å²) in [5.74, 6) is -0.0694. The van der Waals surface area contributed by atoms with Crippen LogP contribution in [0.1, 0.15) is 34.6 Å². The first-order chi connectivity index (χ1) is 12.7. The summed E-state index contributed by atoms with van der Waals surface area (Å²) < 4.78 is 2.13. The number of benzene rings is 1. The molecule has 3 heterocycles. The van der Waals surface area contributed by atoms with Crippen molar-refractivity contribution in [3.05, 3.63) is 89.2 Å². The molecule has 0 fully saturated rings. The lowest BCUT2D eigenvalue weighted by atomic mass is 10.1. The Balaban J connectivity index is 1.66. The summed E-state index contributed by atoms with van der Waals surface area (Å²) in [6.45, 7) is 2.59. The molecule has 0 spiro atoms. The van der Waals surface area contributed by atoms with E-state index in [9.17, 15) is 4.79 Å². The highest BCUT2D eigenvalue weighted by Gasteiger charge is 2.21. The zero-order chi connectivity index (χ0) is 17.9. The lowest BCUT2D eigenvalue weighted by molar-refractivity contribution is 0.0941. The van der Waals surface area contributed by atoms with E-state index in [1.54, 1.807) is 23.7 Å². The number of nitrogens with one attached hydrogen (secondary N) is 1. The second kappa shape index (κ2) is 7.14. The third-order valence-corrected chi connectivity index (χ3v) is 5.45. The summed E-state index contributed by atoms with van der Waals surface area (Å²) in [4.78, 5) is 18.1. The molecule has 1 aromatic carbocycles. The highest BCUT2D eigenvalue weighted by molar-refractivity contribution is 7.16. The first kappa shape index (κ1) is 16.5. The second-order valence-electron chi connectivity index (χ2n) is 6.21. The molecule has 0 aliphatic heterocycles. The molecule has 0 radical (unpaired) electrons. The SMILES string of the molecule is C[C@H](c1ccccc1)n1c(C(=O)NCc2cccnc2)cc2ccsc21. The average molecular weight is 361 g/mol. The number of hydrogen-bond donors (Lipinski definition) is 1. The molecule has 130 valence electrons. The van der Waals surface area contributed by atoms with Gasteiger partial charge < -0.3 is 9.88 Å². The molecule has 1 N–H and O–H groups in total. The van der Waals surface area contributed by atoms with Crippen LogP contribution in [0.2, 0.25) is 0 Å². The fourth-order valence-corrected chi connectivity index (χ4v) is 4.14. The van der Waals surface area contributed by atoms with Crippen LogP contribution < -0.4 is 5.32 Å². The summed E-state index contributed by atoms with van der Waals surface area (Å²) in [5, 5.41) is 6.18. The summed E-state index contributed by atoms with van der Waals surface area (Å²) in [5.41, 5.74) is 2.85. The third-order valence-electron chi connectivity index (χ3n) is 4.52. The summed E-state index contributed by atoms with van der Waals surface area (Å²) in [7, 11) is 0. The van der Waals surface area contributed by atoms with Gasteiger partial charge in [-0.15, -0.1) is 11.3 Å². The van der Waals surface area contributed by atoms with Gasteiger partial charge in [0.05, 0.1) is 6.04 Å². The molecule has 1 amide bonds. The zero-order valence-electron chi connectivity index (χ0n) is 14.4. The lowest BCUT2D eigenvalue weighted by Gasteiger charge is -2.18. The maximum absolute atomic E-state index is 12.9. The van der Waals surface area contributed by atoms with E-state index in [2.05, 4.69) is 45.4 Å². The number of hydrogen-bond acceptors (Lipinski definition) is 3. The Morgan fingerprint density at radius 2 is 2.04 bits per heavy atom. The van der Waals surface area contributed by atoms with E-state index < -0.39 is 0 Å². The molecule has 5 heteroatoms. The number of amides is 1. The van der Waals surface area contributed by atoms with Crippen molar-refractivity contribution in [1.82, 2.24) is 14.9 Å². The second-order valence-corrected chi connectivity index (χ2v) is 7.11. The predicted octanol–water partition coefficient (Wildman–Crippen LogP) is 4.64. The van der Waals surface area contributed by atoms with Crippen LogP contribution in [0.15, 0.2) is 72.4 Å². The standard InChI is InChI=1S/C21H19N3OS/c1-15(17-7-3-2-4-8-17)24-19(12-18-9-11-26-21(18)24)20(25)23-14-16-6-5-10-22-13-16/h2-13,15H,14H2,1H3,(H,23,25)/t15-/m1/s1. The van der Waals surface area contributed by atoms with Crippen molar-refractivity contribution in [2.75, 3.05) is 0 Å². The fraction of sp³-hybridized carbons (Fsp3) is 0.143. The topological polar surface area (TPSA) is 46.9 Å². The van der Waals surface area contributed by atoms with Crippen molar-refractivity contribution in [1.29, 1.82) is 0 Å². The first-order valence-electron chi connectivity index (χ1n) is 8.54. The minimum absolute atomic E-state index is 0.0694. The molecule has 0 saturated carbocycles. The van der Waals surface area contributed by atoms with E-state index in [1.807, 2.05) is 36.4 Å². The summed E-state index contributed by atoms with van der Waals surface area (Å²) in [6.07, 6.45) is 3.50. The van der Waals surface area contributed by atoms with Crippen molar-refractivity contribution in [3.8, 4) is 0 Å². The maximum Gasteiger partial charge on any atom is 0.268 e. The van der Waals surface area contributed by atoms with E-state index in [1.165, 1.54) is 5.56 Å². The van der Waals surface area contributed by atoms with E-state index in [0.717, 1.165) is 15.8 Å². The van der Waals surface area contributed by atoms with E-state index in [-0.39, 0.29) is 11.9 Å². The Labute approximate surface area is 156 Å². The van der Waals surface area contributed by atoms with Crippen molar-refractivity contribution >= 4 is 27.5 Å². The van der Waals surface area contributed by atoms with Crippen LogP contribution >= 0.6 is 11.3 Å². The van der Waals surface area contributed by atoms with Gasteiger partial charge >= 0.3 is 0 Å². The monoisotopic (exact) mass is 361 g/mol. The number of carbonyl (C=O) groups excluding carboxylic acids is 1. The van der Waals surface area contributed by atoms with Crippen molar-refractivity contribution in [2.24, 2.45) is 0 Å². The highest BCUT2D eigenvalue weighted by atomic mass is 32.1. The summed E-state index contributed by atoms with van der Waals surface area (Å²) >= 11 is 1.66. The van der Waals surface area contributed by atoms with Gasteiger partial charge in [-0.3, -0.25) is 9.78 Å². The predicted molar refractivity (Wildman–Crippen MR) is 105 cm³/mol. The highest BCUT2D eigenvalue weighted by Crippen LogP contribution is 2.31. The van der Waals surface area contributed by atoms with Gasteiger partial charge in [0.2, 0.25) is 0 Å². The molecule has 1 atom stereocenters. The number of pyridine rings is 1. The molecular formula is C21H19N3OS. The quantitative estimate of drug-likeness (QED) is 0.563. The molecule has 26 heavy (non-hydrogen) atoms. The van der Waals surface area contributed by atoms with Crippen LogP contribution in [0.25, 0.3) is 10.2 Å². The van der Waals surface area contributed by atoms with Gasteiger partial charge in [-0.1, -0.05) is 36.4 Å². The van der Waals surface area contributed by atoms with Gasteiger partial charge in [0.15, 0.2) is 0 Å². The van der Waals surface area contributed by atoms with Crippen LogP contribution in [0.4, 0.5) is 0 Å². The first-order valence-corrected chi connectivity index (χ1v) is 9.42. The zero-order valence-corrected chi connectivity index (χ0v) is 15.2. The van der Waals surface area contributed by atoms with Gasteiger partial charge in [-0.25, -0.2) is 0 Å². The van der Waals surface area contributed by atoms with Gasteiger partial charge in [0, 0.05) is 24.3 Å². The Bertz CT molecular complexity index is 1020. The van der Waals surface area contributed by atoms with Gasteiger partial charge in [0.25, 0.3) is 5.91 Å². The summed E-state index contributed by atoms with van der Waals surface area (Å²) in [6, 6.07) is 18.2. The van der Waals surface area contributed by atoms with Crippen LogP contribution in [0.5, 0.6) is 0 Å². The molecule has 4 nitrogen and oxygen atoms in total. The molecule has 0 aliphatic carbocycles. The van der Waals surface area contributed by atoms with Crippen LogP contribution in [-0.4, -0.2) is 15.5 Å². The lowest BCUT2D eigenvalue weighted by Crippen LogP contribution is -2.26. The Hall–Kier alpha value is -2.92. The van der Waals surface area contributed by atoms with Crippen molar-refractivity contribution in [3.63, 3.8) is 0 Å². The average Bonchev–Trinajstić information content (AvgIpc) is 3.28. The normalized spacial score (nSPS) is 12.2. The van der Waals surface area contributed by atoms with Gasteiger partial charge in [-0.2, -0.15) is 0 Å². The van der Waals surface area contributed by atoms with Gasteiger partial charge in [0.1, 0.15) is 10.5 Å². The number of carbonyl (C=O) groups is 1. The molecule has 3 aromatic heterocycles. The number of thiophene rings is 1. The number of aromatic nitrogens is 2. The van der Waals surface area contributed by atoms with Crippen LogP contribution in [0.3, 0.4) is 0 Å². The van der Waals surface area contributed by atoms with E-state index in [0.29, 0.717) is 12.2 Å². The minimum Gasteiger partial charge on any atom is -0.347 e. The molecule has 4 rings (SSSR count). The molecule has 0 aliphatic rings. The maximum atomic E-state index is 12.9. The fourth-order valence-electron chi connectivity index (χ4n) is 3.16. The third kappa shape index (κ3) is 3.13. The van der Waals surface area contributed by atoms with E-state index >= 15 is 0 Å².